The van der Waals surface area contributed by atoms with Crippen LogP contribution in [0.3, 0.4) is 0 Å². The molecule has 0 spiro atoms. The Morgan fingerprint density at radius 2 is 1.84 bits per heavy atom. The van der Waals surface area contributed by atoms with Gasteiger partial charge in [0.2, 0.25) is 0 Å². The summed E-state index contributed by atoms with van der Waals surface area (Å²) in [6.45, 7) is 5.57. The van der Waals surface area contributed by atoms with E-state index in [1.807, 2.05) is 48.9 Å². The highest BCUT2D eigenvalue weighted by atomic mass is 16.6. The molecule has 0 fully saturated rings. The Hall–Kier alpha value is -4.40. The fraction of sp³-hybridized carbons (Fsp3) is 0.286. The van der Waals surface area contributed by atoms with Gasteiger partial charge in [-0.15, -0.1) is 0 Å². The van der Waals surface area contributed by atoms with E-state index >= 15 is 0 Å². The van der Waals surface area contributed by atoms with E-state index in [0.717, 1.165) is 16.8 Å². The molecule has 2 aromatic heterocycles. The molecule has 0 unspecified atom stereocenters. The summed E-state index contributed by atoms with van der Waals surface area (Å²) < 4.78 is 18.1. The summed E-state index contributed by atoms with van der Waals surface area (Å²) in [5.74, 6) is 0.818. The van der Waals surface area contributed by atoms with Crippen molar-refractivity contribution in [3.63, 3.8) is 0 Å². The quantitative estimate of drug-likeness (QED) is 0.384. The number of benzene rings is 2. The Bertz CT molecular complexity index is 1560. The number of hydrogen-bond donors (Lipinski definition) is 0. The Labute approximate surface area is 213 Å². The molecule has 0 N–H and O–H groups in total. The Balaban J connectivity index is 1.45. The summed E-state index contributed by atoms with van der Waals surface area (Å²) in [6.07, 6.45) is 2.36. The second-order valence-corrected chi connectivity index (χ2v) is 9.38. The molecule has 2 aliphatic rings. The number of esters is 1. The van der Waals surface area contributed by atoms with Gasteiger partial charge in [0.1, 0.15) is 13.2 Å². The van der Waals surface area contributed by atoms with Crippen molar-refractivity contribution in [2.75, 3.05) is 31.8 Å². The maximum atomic E-state index is 14.0. The van der Waals surface area contributed by atoms with Crippen molar-refractivity contribution in [1.82, 2.24) is 14.8 Å². The number of fused-ring (bicyclic) bond motifs is 3. The van der Waals surface area contributed by atoms with Crippen LogP contribution in [-0.4, -0.2) is 53.5 Å². The summed E-state index contributed by atoms with van der Waals surface area (Å²) in [5.41, 5.74) is 4.84. The molecule has 4 aromatic rings. The second-order valence-electron chi connectivity index (χ2n) is 9.38. The number of amides is 1. The average molecular weight is 499 g/mol. The summed E-state index contributed by atoms with van der Waals surface area (Å²) in [6, 6.07) is 12.9. The van der Waals surface area contributed by atoms with Gasteiger partial charge in [0, 0.05) is 23.8 Å². The lowest BCUT2D eigenvalue weighted by Crippen LogP contribution is -2.29. The van der Waals surface area contributed by atoms with Gasteiger partial charge in [-0.25, -0.2) is 14.5 Å². The van der Waals surface area contributed by atoms with Crippen LogP contribution < -0.4 is 14.4 Å². The lowest BCUT2D eigenvalue weighted by molar-refractivity contribution is 0.0600. The molecule has 0 atom stereocenters. The van der Waals surface area contributed by atoms with Crippen molar-refractivity contribution in [3.8, 4) is 22.8 Å². The second kappa shape index (κ2) is 8.92. The van der Waals surface area contributed by atoms with Crippen LogP contribution in [0, 0.1) is 0 Å². The fourth-order valence-corrected chi connectivity index (χ4v) is 4.93. The van der Waals surface area contributed by atoms with Crippen LogP contribution in [0.25, 0.3) is 22.3 Å². The van der Waals surface area contributed by atoms with Gasteiger partial charge in [-0.1, -0.05) is 0 Å². The van der Waals surface area contributed by atoms with Gasteiger partial charge in [0.05, 0.1) is 35.5 Å². The number of hydrogen-bond acceptors (Lipinski definition) is 7. The number of nitrogens with zero attached hydrogens (tertiary/aromatic N) is 4. The Kier molecular flexibility index (Phi) is 5.55. The number of pyridine rings is 1. The van der Waals surface area contributed by atoms with Crippen molar-refractivity contribution in [2.24, 2.45) is 0 Å². The molecule has 9 heteroatoms. The van der Waals surface area contributed by atoms with E-state index in [-0.39, 0.29) is 11.9 Å². The predicted octanol–water partition coefficient (Wildman–Crippen LogP) is 4.44. The lowest BCUT2D eigenvalue weighted by Gasteiger charge is -2.20. The van der Waals surface area contributed by atoms with Crippen molar-refractivity contribution in [1.29, 1.82) is 0 Å². The molecule has 1 amide bonds. The molecule has 0 bridgehead atoms. The molecular formula is C28H26N4O5. The number of carbonyl (C=O) groups excluding carboxylic acids is 2. The standard InChI is InChI=1S/C28H26N4O5/c1-16(2)32-26-21(15-29-32)20(14-22(30-26)17-5-7-24-25(13-17)37-11-10-36-24)27(33)31-9-8-18-12-19(28(34)35-3)4-6-23(18)31/h4-7,12-16H,8-11H2,1-3H3. The third-order valence-electron chi connectivity index (χ3n) is 6.77. The molecular weight excluding hydrogens is 472 g/mol. The summed E-state index contributed by atoms with van der Waals surface area (Å²) in [4.78, 5) is 32.7. The first kappa shape index (κ1) is 23.0. The molecule has 4 heterocycles. The monoisotopic (exact) mass is 498 g/mol. The van der Waals surface area contributed by atoms with Crippen LogP contribution in [0.1, 0.15) is 46.2 Å². The van der Waals surface area contributed by atoms with Crippen LogP contribution in [0.2, 0.25) is 0 Å². The Morgan fingerprint density at radius 1 is 1.03 bits per heavy atom. The van der Waals surface area contributed by atoms with Gasteiger partial charge in [-0.05, 0) is 68.3 Å². The first-order valence-electron chi connectivity index (χ1n) is 12.3. The summed E-state index contributed by atoms with van der Waals surface area (Å²) >= 11 is 0. The van der Waals surface area contributed by atoms with E-state index in [4.69, 9.17) is 19.2 Å². The van der Waals surface area contributed by atoms with Gasteiger partial charge in [0.25, 0.3) is 5.91 Å². The smallest absolute Gasteiger partial charge is 0.337 e. The minimum absolute atomic E-state index is 0.0627. The van der Waals surface area contributed by atoms with Crippen LogP contribution in [-0.2, 0) is 11.2 Å². The maximum absolute atomic E-state index is 14.0. The van der Waals surface area contributed by atoms with E-state index in [9.17, 15) is 9.59 Å². The predicted molar refractivity (Wildman–Crippen MR) is 138 cm³/mol. The van der Waals surface area contributed by atoms with Gasteiger partial charge in [0.15, 0.2) is 17.1 Å². The summed E-state index contributed by atoms with van der Waals surface area (Å²) in [5, 5.41) is 5.24. The normalized spacial score (nSPS) is 14.2. The van der Waals surface area contributed by atoms with Crippen molar-refractivity contribution < 1.29 is 23.8 Å². The molecule has 0 saturated heterocycles. The number of methoxy groups -OCH3 is 1. The number of anilines is 1. The zero-order valence-electron chi connectivity index (χ0n) is 20.9. The maximum Gasteiger partial charge on any atom is 0.337 e. The van der Waals surface area contributed by atoms with Gasteiger partial charge in [-0.2, -0.15) is 5.10 Å². The van der Waals surface area contributed by atoms with Crippen molar-refractivity contribution >= 4 is 28.6 Å². The molecule has 0 saturated carbocycles. The third-order valence-corrected chi connectivity index (χ3v) is 6.77. The van der Waals surface area contributed by atoms with E-state index in [1.54, 1.807) is 23.2 Å². The van der Waals surface area contributed by atoms with Gasteiger partial charge in [-0.3, -0.25) is 4.79 Å². The molecule has 2 aliphatic heterocycles. The minimum atomic E-state index is -0.395. The first-order valence-corrected chi connectivity index (χ1v) is 12.3. The van der Waals surface area contributed by atoms with Crippen LogP contribution >= 0.6 is 0 Å². The van der Waals surface area contributed by atoms with Crippen LogP contribution in [0.5, 0.6) is 11.5 Å². The molecule has 188 valence electrons. The lowest BCUT2D eigenvalue weighted by atomic mass is 10.0. The average Bonchev–Trinajstić information content (AvgIpc) is 3.55. The van der Waals surface area contributed by atoms with Crippen molar-refractivity contribution in [2.45, 2.75) is 26.3 Å². The van der Waals surface area contributed by atoms with Crippen LogP contribution in [0.15, 0.2) is 48.7 Å². The van der Waals surface area contributed by atoms with E-state index < -0.39 is 5.97 Å². The van der Waals surface area contributed by atoms with E-state index in [0.29, 0.717) is 65.5 Å². The zero-order chi connectivity index (χ0) is 25.7. The summed E-state index contributed by atoms with van der Waals surface area (Å²) in [7, 11) is 1.36. The zero-order valence-corrected chi connectivity index (χ0v) is 20.9. The number of ether oxygens (including phenoxy) is 3. The SMILES string of the molecule is COC(=O)c1ccc2c(c1)CCN2C(=O)c1cc(-c2ccc3c(c2)OCCO3)nc2c1cnn2C(C)C. The highest BCUT2D eigenvalue weighted by Gasteiger charge is 2.29. The first-order chi connectivity index (χ1) is 17.9. The topological polar surface area (TPSA) is 95.8 Å². The number of rotatable bonds is 4. The molecule has 37 heavy (non-hydrogen) atoms. The number of aromatic nitrogens is 3. The highest BCUT2D eigenvalue weighted by molar-refractivity contribution is 6.14. The fourth-order valence-electron chi connectivity index (χ4n) is 4.93. The highest BCUT2D eigenvalue weighted by Crippen LogP contribution is 2.37. The molecule has 9 nitrogen and oxygen atoms in total. The largest absolute Gasteiger partial charge is 0.486 e. The van der Waals surface area contributed by atoms with Crippen molar-refractivity contribution in [3.05, 3.63) is 65.4 Å². The van der Waals surface area contributed by atoms with Gasteiger partial charge < -0.3 is 19.1 Å². The minimum Gasteiger partial charge on any atom is -0.486 e. The third kappa shape index (κ3) is 3.87. The molecule has 0 radical (unpaired) electrons. The Morgan fingerprint density at radius 3 is 2.62 bits per heavy atom. The molecule has 2 aromatic carbocycles. The van der Waals surface area contributed by atoms with E-state index in [1.165, 1.54) is 7.11 Å². The molecule has 6 rings (SSSR count). The number of carbonyl (C=O) groups is 2. The van der Waals surface area contributed by atoms with Crippen LogP contribution in [0.4, 0.5) is 5.69 Å². The van der Waals surface area contributed by atoms with Gasteiger partial charge >= 0.3 is 5.97 Å². The van der Waals surface area contributed by atoms with E-state index in [2.05, 4.69) is 5.10 Å². The molecule has 0 aliphatic carbocycles.